The van der Waals surface area contributed by atoms with E-state index in [1.807, 2.05) is 6.92 Å². The van der Waals surface area contributed by atoms with Crippen LogP contribution in [0, 0.1) is 10.1 Å². The Kier molecular flexibility index (Phi) is 5.05. The van der Waals surface area contributed by atoms with E-state index >= 15 is 0 Å². The second kappa shape index (κ2) is 6.83. The first-order chi connectivity index (χ1) is 10.8. The molecule has 1 atom stereocenters. The Bertz CT molecular complexity index is 782. The molecule has 2 aromatic heterocycles. The van der Waals surface area contributed by atoms with Gasteiger partial charge in [0.05, 0.1) is 17.1 Å². The smallest absolute Gasteiger partial charge is 0.390 e. The molecule has 1 unspecified atom stereocenters. The molecule has 0 aliphatic rings. The third-order valence-corrected chi connectivity index (χ3v) is 4.45. The average Bonchev–Trinajstić information content (AvgIpc) is 3.07. The van der Waals surface area contributed by atoms with Crippen molar-refractivity contribution in [1.29, 1.82) is 0 Å². The maximum Gasteiger partial charge on any atom is 0.436 e. The van der Waals surface area contributed by atoms with E-state index in [0.29, 0.717) is 18.5 Å². The molecule has 2 heterocycles. The molecule has 2 aromatic rings. The zero-order valence-corrected chi connectivity index (χ0v) is 13.1. The topological polar surface area (TPSA) is 146 Å². The van der Waals surface area contributed by atoms with Crippen molar-refractivity contribution in [2.45, 2.75) is 38.1 Å². The third-order valence-electron chi connectivity index (χ3n) is 3.21. The van der Waals surface area contributed by atoms with Crippen molar-refractivity contribution in [3.63, 3.8) is 0 Å². The van der Waals surface area contributed by atoms with Crippen LogP contribution in [-0.4, -0.2) is 47.7 Å². The van der Waals surface area contributed by atoms with Gasteiger partial charge in [0.1, 0.15) is 12.4 Å². The standard InChI is InChI=1S/C11H16N6O5S/c1-2-3-10(23(20,21)22)6-9-7-16(14-13-9)8-15-5-4-12-11(15)17(18)19/h4-5,7,10H,2-3,6,8H2,1H3,(H,20,21,22). The SMILES string of the molecule is CCCC(Cc1cn(Cn2ccnc2[N+](=O)[O-])nn1)S(=O)(=O)O. The van der Waals surface area contributed by atoms with Crippen LogP contribution < -0.4 is 0 Å². The number of nitro groups is 1. The molecule has 0 aliphatic carbocycles. The highest BCUT2D eigenvalue weighted by molar-refractivity contribution is 7.86. The number of nitrogens with zero attached hydrogens (tertiary/aromatic N) is 6. The molecular weight excluding hydrogens is 328 g/mol. The Morgan fingerprint density at radius 3 is 2.83 bits per heavy atom. The fraction of sp³-hybridized carbons (Fsp3) is 0.545. The molecule has 0 fully saturated rings. The Labute approximate surface area is 131 Å². The quantitative estimate of drug-likeness (QED) is 0.413. The van der Waals surface area contributed by atoms with Crippen LogP contribution >= 0.6 is 0 Å². The highest BCUT2D eigenvalue weighted by Crippen LogP contribution is 2.13. The maximum atomic E-state index is 11.3. The second-order valence-corrected chi connectivity index (χ2v) is 6.67. The minimum absolute atomic E-state index is 0.0215. The lowest BCUT2D eigenvalue weighted by molar-refractivity contribution is -0.396. The summed E-state index contributed by atoms with van der Waals surface area (Å²) in [6, 6.07) is 0. The van der Waals surface area contributed by atoms with Crippen molar-refractivity contribution in [3.05, 3.63) is 34.4 Å². The van der Waals surface area contributed by atoms with Gasteiger partial charge in [-0.1, -0.05) is 23.5 Å². The summed E-state index contributed by atoms with van der Waals surface area (Å²) in [7, 11) is -4.17. The molecule has 126 valence electrons. The van der Waals surface area contributed by atoms with Gasteiger partial charge in [0.15, 0.2) is 6.67 Å². The first-order valence-corrected chi connectivity index (χ1v) is 8.32. The second-order valence-electron chi connectivity index (χ2n) is 4.97. The van der Waals surface area contributed by atoms with Crippen LogP contribution in [0.2, 0.25) is 0 Å². The van der Waals surface area contributed by atoms with E-state index in [4.69, 9.17) is 0 Å². The van der Waals surface area contributed by atoms with E-state index in [0.717, 1.165) is 0 Å². The predicted octanol–water partition coefficient (Wildman–Crippen LogP) is 0.488. The van der Waals surface area contributed by atoms with Crippen LogP contribution in [-0.2, 0) is 23.2 Å². The van der Waals surface area contributed by atoms with Gasteiger partial charge in [-0.2, -0.15) is 8.42 Å². The number of rotatable bonds is 8. The first kappa shape index (κ1) is 17.0. The van der Waals surface area contributed by atoms with Gasteiger partial charge >= 0.3 is 5.95 Å². The molecule has 0 saturated heterocycles. The molecule has 0 amide bonds. The summed E-state index contributed by atoms with van der Waals surface area (Å²) >= 11 is 0. The highest BCUT2D eigenvalue weighted by Gasteiger charge is 2.24. The summed E-state index contributed by atoms with van der Waals surface area (Å²) in [6.45, 7) is 1.83. The predicted molar refractivity (Wildman–Crippen MR) is 78.3 cm³/mol. The summed E-state index contributed by atoms with van der Waals surface area (Å²) in [5.74, 6) is -0.330. The normalized spacial score (nSPS) is 13.1. The molecule has 23 heavy (non-hydrogen) atoms. The van der Waals surface area contributed by atoms with Crippen LogP contribution in [0.3, 0.4) is 0 Å². The van der Waals surface area contributed by atoms with Gasteiger partial charge in [-0.05, 0) is 11.3 Å². The number of hydrogen-bond acceptors (Lipinski definition) is 7. The lowest BCUT2D eigenvalue weighted by Gasteiger charge is -2.10. The summed E-state index contributed by atoms with van der Waals surface area (Å²) < 4.78 is 34.5. The summed E-state index contributed by atoms with van der Waals surface area (Å²) in [5, 5.41) is 17.5. The van der Waals surface area contributed by atoms with Crippen molar-refractivity contribution in [3.8, 4) is 0 Å². The average molecular weight is 344 g/mol. The van der Waals surface area contributed by atoms with Crippen LogP contribution in [0.5, 0.6) is 0 Å². The van der Waals surface area contributed by atoms with Crippen LogP contribution in [0.1, 0.15) is 25.5 Å². The Hall–Kier alpha value is -2.34. The van der Waals surface area contributed by atoms with Gasteiger partial charge in [-0.15, -0.1) is 5.10 Å². The monoisotopic (exact) mass is 344 g/mol. The largest absolute Gasteiger partial charge is 0.436 e. The van der Waals surface area contributed by atoms with Crippen molar-refractivity contribution in [1.82, 2.24) is 24.5 Å². The summed E-state index contributed by atoms with van der Waals surface area (Å²) in [5.41, 5.74) is 0.379. The molecular formula is C11H16N6O5S. The van der Waals surface area contributed by atoms with Crippen molar-refractivity contribution < 1.29 is 17.9 Å². The van der Waals surface area contributed by atoms with Gasteiger partial charge in [-0.25, -0.2) is 9.25 Å². The number of aromatic nitrogens is 5. The highest BCUT2D eigenvalue weighted by atomic mass is 32.2. The van der Waals surface area contributed by atoms with Crippen molar-refractivity contribution in [2.75, 3.05) is 0 Å². The zero-order valence-electron chi connectivity index (χ0n) is 12.3. The zero-order chi connectivity index (χ0) is 17.0. The minimum atomic E-state index is -4.17. The lowest BCUT2D eigenvalue weighted by atomic mass is 10.1. The van der Waals surface area contributed by atoms with Gasteiger partial charge < -0.3 is 10.1 Å². The van der Waals surface area contributed by atoms with E-state index in [9.17, 15) is 23.1 Å². The Morgan fingerprint density at radius 2 is 2.22 bits per heavy atom. The number of hydrogen-bond donors (Lipinski definition) is 1. The molecule has 0 aliphatic heterocycles. The van der Waals surface area contributed by atoms with Gasteiger partial charge in [0.25, 0.3) is 10.1 Å². The van der Waals surface area contributed by atoms with E-state index in [1.54, 1.807) is 0 Å². The fourth-order valence-electron chi connectivity index (χ4n) is 2.15. The minimum Gasteiger partial charge on any atom is -0.390 e. The van der Waals surface area contributed by atoms with Gasteiger partial charge in [-0.3, -0.25) is 4.55 Å². The molecule has 0 saturated carbocycles. The maximum absolute atomic E-state index is 11.3. The first-order valence-electron chi connectivity index (χ1n) is 6.82. The van der Waals surface area contributed by atoms with Gasteiger partial charge in [0.2, 0.25) is 0 Å². The van der Waals surface area contributed by atoms with Gasteiger partial charge in [0, 0.05) is 6.42 Å². The fourth-order valence-corrected chi connectivity index (χ4v) is 3.07. The molecule has 0 aromatic carbocycles. The molecule has 12 heteroatoms. The molecule has 2 rings (SSSR count). The molecule has 0 spiro atoms. The summed E-state index contributed by atoms with van der Waals surface area (Å²) in [4.78, 5) is 13.8. The number of imidazole rings is 1. The van der Waals surface area contributed by atoms with E-state index in [1.165, 1.54) is 27.8 Å². The van der Waals surface area contributed by atoms with Crippen LogP contribution in [0.15, 0.2) is 18.6 Å². The van der Waals surface area contributed by atoms with E-state index < -0.39 is 20.3 Å². The summed E-state index contributed by atoms with van der Waals surface area (Å²) in [6.07, 6.45) is 5.14. The van der Waals surface area contributed by atoms with Crippen molar-refractivity contribution in [2.24, 2.45) is 0 Å². The van der Waals surface area contributed by atoms with Crippen LogP contribution in [0.4, 0.5) is 5.95 Å². The Balaban J connectivity index is 2.11. The molecule has 0 bridgehead atoms. The third kappa shape index (κ3) is 4.32. The van der Waals surface area contributed by atoms with Crippen LogP contribution in [0.25, 0.3) is 0 Å². The Morgan fingerprint density at radius 1 is 1.48 bits per heavy atom. The molecule has 11 nitrogen and oxygen atoms in total. The molecule has 0 radical (unpaired) electrons. The molecule has 1 N–H and O–H groups in total. The lowest BCUT2D eigenvalue weighted by Crippen LogP contribution is -2.23. The van der Waals surface area contributed by atoms with E-state index in [2.05, 4.69) is 15.3 Å². The van der Waals surface area contributed by atoms with Crippen molar-refractivity contribution >= 4 is 16.1 Å². The van der Waals surface area contributed by atoms with E-state index in [-0.39, 0.29) is 19.0 Å².